The minimum atomic E-state index is -3.05. The first-order valence-electron chi connectivity index (χ1n) is 8.31. The van der Waals surface area contributed by atoms with Crippen LogP contribution in [0.15, 0.2) is 24.3 Å². The largest absolute Gasteiger partial charge is 0.351 e. The van der Waals surface area contributed by atoms with E-state index in [0.29, 0.717) is 12.8 Å². The topological polar surface area (TPSA) is 92.3 Å². The highest BCUT2D eigenvalue weighted by Crippen LogP contribution is 2.23. The molecule has 0 radical (unpaired) electrons. The van der Waals surface area contributed by atoms with Gasteiger partial charge in [0.15, 0.2) is 9.84 Å². The van der Waals surface area contributed by atoms with Crippen molar-refractivity contribution in [2.45, 2.75) is 38.1 Å². The first kappa shape index (κ1) is 19.4. The van der Waals surface area contributed by atoms with E-state index in [0.717, 1.165) is 5.56 Å². The molecular formula is C17H23FN2O4S. The van der Waals surface area contributed by atoms with Crippen LogP contribution >= 0.6 is 0 Å². The summed E-state index contributed by atoms with van der Waals surface area (Å²) in [6, 6.07) is 5.66. The number of hydrogen-bond acceptors (Lipinski definition) is 4. The number of carbonyl (C=O) groups is 2. The number of benzene rings is 1. The maximum atomic E-state index is 13.0. The number of carbonyl (C=O) groups excluding carboxylic acids is 2. The molecule has 0 spiro atoms. The van der Waals surface area contributed by atoms with E-state index in [1.807, 2.05) is 6.92 Å². The summed E-state index contributed by atoms with van der Waals surface area (Å²) in [5.41, 5.74) is 0.875. The molecule has 1 aromatic rings. The summed E-state index contributed by atoms with van der Waals surface area (Å²) in [5, 5.41) is 5.17. The molecule has 0 aromatic heterocycles. The van der Waals surface area contributed by atoms with Crippen LogP contribution in [0.2, 0.25) is 0 Å². The Morgan fingerprint density at radius 1 is 1.24 bits per heavy atom. The predicted molar refractivity (Wildman–Crippen MR) is 92.3 cm³/mol. The van der Waals surface area contributed by atoms with Gasteiger partial charge in [0.2, 0.25) is 11.8 Å². The Bertz CT molecular complexity index is 719. The molecule has 2 amide bonds. The van der Waals surface area contributed by atoms with E-state index in [1.54, 1.807) is 12.1 Å². The Labute approximate surface area is 147 Å². The molecule has 1 saturated heterocycles. The van der Waals surface area contributed by atoms with E-state index in [-0.39, 0.29) is 48.2 Å². The van der Waals surface area contributed by atoms with Crippen LogP contribution in [0.5, 0.6) is 0 Å². The van der Waals surface area contributed by atoms with Crippen LogP contribution in [0, 0.1) is 5.82 Å². The summed E-state index contributed by atoms with van der Waals surface area (Å²) >= 11 is 0. The van der Waals surface area contributed by atoms with Gasteiger partial charge in [0, 0.05) is 12.5 Å². The zero-order valence-corrected chi connectivity index (χ0v) is 14.9. The fourth-order valence-electron chi connectivity index (χ4n) is 2.90. The molecule has 1 fully saturated rings. The SMILES string of the molecule is CCC(CC(=O)NCC(=O)NC1CCS(=O)(=O)C1)c1ccc(F)cc1. The van der Waals surface area contributed by atoms with Crippen LogP contribution in [-0.2, 0) is 19.4 Å². The third kappa shape index (κ3) is 6.12. The minimum Gasteiger partial charge on any atom is -0.351 e. The second-order valence-electron chi connectivity index (χ2n) is 6.31. The summed E-state index contributed by atoms with van der Waals surface area (Å²) < 4.78 is 35.7. The maximum Gasteiger partial charge on any atom is 0.239 e. The molecule has 6 nitrogen and oxygen atoms in total. The van der Waals surface area contributed by atoms with E-state index in [2.05, 4.69) is 10.6 Å². The Morgan fingerprint density at radius 2 is 1.92 bits per heavy atom. The van der Waals surface area contributed by atoms with Gasteiger partial charge in [-0.05, 0) is 36.5 Å². The van der Waals surface area contributed by atoms with Crippen molar-refractivity contribution >= 4 is 21.7 Å². The van der Waals surface area contributed by atoms with Crippen LogP contribution in [0.25, 0.3) is 0 Å². The van der Waals surface area contributed by atoms with Crippen molar-refractivity contribution < 1.29 is 22.4 Å². The third-order valence-electron chi connectivity index (χ3n) is 4.31. The summed E-state index contributed by atoms with van der Waals surface area (Å²) in [6.07, 6.45) is 1.32. The molecule has 1 heterocycles. The molecule has 25 heavy (non-hydrogen) atoms. The average molecular weight is 370 g/mol. The molecule has 2 atom stereocenters. The number of rotatable bonds is 7. The van der Waals surface area contributed by atoms with Crippen molar-refractivity contribution in [2.24, 2.45) is 0 Å². The van der Waals surface area contributed by atoms with Crippen LogP contribution in [0.3, 0.4) is 0 Å². The van der Waals surface area contributed by atoms with Gasteiger partial charge in [0.05, 0.1) is 18.1 Å². The second kappa shape index (κ2) is 8.42. The molecule has 2 N–H and O–H groups in total. The highest BCUT2D eigenvalue weighted by Gasteiger charge is 2.28. The van der Waals surface area contributed by atoms with Crippen LogP contribution in [0.1, 0.15) is 37.7 Å². The quantitative estimate of drug-likeness (QED) is 0.753. The molecule has 1 aromatic carbocycles. The first-order valence-corrected chi connectivity index (χ1v) is 10.1. The van der Waals surface area contributed by atoms with E-state index < -0.39 is 15.7 Å². The van der Waals surface area contributed by atoms with Crippen molar-refractivity contribution in [3.8, 4) is 0 Å². The van der Waals surface area contributed by atoms with Gasteiger partial charge in [-0.1, -0.05) is 19.1 Å². The number of nitrogens with one attached hydrogen (secondary N) is 2. The normalized spacial score (nSPS) is 20.0. The van der Waals surface area contributed by atoms with Gasteiger partial charge in [-0.2, -0.15) is 0 Å². The van der Waals surface area contributed by atoms with Gasteiger partial charge in [0.1, 0.15) is 5.82 Å². The Kier molecular flexibility index (Phi) is 6.52. The van der Waals surface area contributed by atoms with Crippen molar-refractivity contribution in [3.05, 3.63) is 35.6 Å². The van der Waals surface area contributed by atoms with Crippen LogP contribution in [-0.4, -0.2) is 44.3 Å². The van der Waals surface area contributed by atoms with Crippen molar-refractivity contribution in [1.29, 1.82) is 0 Å². The molecule has 8 heteroatoms. The van der Waals surface area contributed by atoms with Gasteiger partial charge < -0.3 is 10.6 Å². The lowest BCUT2D eigenvalue weighted by Gasteiger charge is -2.16. The number of halogens is 1. The van der Waals surface area contributed by atoms with Gasteiger partial charge in [-0.25, -0.2) is 12.8 Å². The van der Waals surface area contributed by atoms with Crippen molar-refractivity contribution in [2.75, 3.05) is 18.1 Å². The highest BCUT2D eigenvalue weighted by molar-refractivity contribution is 7.91. The molecule has 0 saturated carbocycles. The van der Waals surface area contributed by atoms with Gasteiger partial charge in [0.25, 0.3) is 0 Å². The molecule has 0 bridgehead atoms. The average Bonchev–Trinajstić information content (AvgIpc) is 2.90. The van der Waals surface area contributed by atoms with Crippen LogP contribution in [0.4, 0.5) is 4.39 Å². The summed E-state index contributed by atoms with van der Waals surface area (Å²) in [5.74, 6) is -1.01. The molecule has 2 rings (SSSR count). The zero-order valence-electron chi connectivity index (χ0n) is 14.1. The van der Waals surface area contributed by atoms with Gasteiger partial charge in [-0.15, -0.1) is 0 Å². The Balaban J connectivity index is 1.77. The van der Waals surface area contributed by atoms with Crippen molar-refractivity contribution in [1.82, 2.24) is 10.6 Å². The predicted octanol–water partition coefficient (Wildman–Crippen LogP) is 1.13. The van der Waals surface area contributed by atoms with E-state index >= 15 is 0 Å². The highest BCUT2D eigenvalue weighted by atomic mass is 32.2. The lowest BCUT2D eigenvalue weighted by atomic mass is 9.93. The molecule has 0 aliphatic carbocycles. The summed E-state index contributed by atoms with van der Waals surface area (Å²) in [4.78, 5) is 23.9. The molecular weight excluding hydrogens is 347 g/mol. The zero-order chi connectivity index (χ0) is 18.4. The lowest BCUT2D eigenvalue weighted by molar-refractivity contribution is -0.126. The molecule has 2 unspecified atom stereocenters. The number of hydrogen-bond donors (Lipinski definition) is 2. The second-order valence-corrected chi connectivity index (χ2v) is 8.53. The Morgan fingerprint density at radius 3 is 2.48 bits per heavy atom. The number of sulfone groups is 1. The van der Waals surface area contributed by atoms with Crippen molar-refractivity contribution in [3.63, 3.8) is 0 Å². The maximum absolute atomic E-state index is 13.0. The lowest BCUT2D eigenvalue weighted by Crippen LogP contribution is -2.42. The number of amides is 2. The molecule has 138 valence electrons. The fourth-order valence-corrected chi connectivity index (χ4v) is 4.57. The monoisotopic (exact) mass is 370 g/mol. The first-order chi connectivity index (χ1) is 11.8. The fraction of sp³-hybridized carbons (Fsp3) is 0.529. The smallest absolute Gasteiger partial charge is 0.239 e. The van der Waals surface area contributed by atoms with E-state index in [9.17, 15) is 22.4 Å². The third-order valence-corrected chi connectivity index (χ3v) is 6.08. The molecule has 1 aliphatic rings. The van der Waals surface area contributed by atoms with E-state index in [1.165, 1.54) is 12.1 Å². The van der Waals surface area contributed by atoms with Crippen LogP contribution < -0.4 is 10.6 Å². The van der Waals surface area contributed by atoms with E-state index in [4.69, 9.17) is 0 Å². The van der Waals surface area contributed by atoms with Gasteiger partial charge in [-0.3, -0.25) is 9.59 Å². The minimum absolute atomic E-state index is 0.0465. The summed E-state index contributed by atoms with van der Waals surface area (Å²) in [7, 11) is -3.05. The van der Waals surface area contributed by atoms with Gasteiger partial charge >= 0.3 is 0 Å². The standard InChI is InChI=1S/C17H23FN2O4S/c1-2-12(13-3-5-14(18)6-4-13)9-16(21)19-10-17(22)20-15-7-8-25(23,24)11-15/h3-6,12,15H,2,7-11H2,1H3,(H,19,21)(H,20,22). The molecule has 1 aliphatic heterocycles. The summed E-state index contributed by atoms with van der Waals surface area (Å²) in [6.45, 7) is 1.75. The Hall–Kier alpha value is -1.96.